The first-order valence-electron chi connectivity index (χ1n) is 6.49. The van der Waals surface area contributed by atoms with Gasteiger partial charge in [0.1, 0.15) is 5.72 Å². The summed E-state index contributed by atoms with van der Waals surface area (Å²) in [6.45, 7) is 4.46. The summed E-state index contributed by atoms with van der Waals surface area (Å²) in [5, 5.41) is 11.2. The van der Waals surface area contributed by atoms with Gasteiger partial charge in [0.2, 0.25) is 0 Å². The quantitative estimate of drug-likeness (QED) is 0.652. The number of likely N-dealkylation sites (N-methyl/N-ethyl adjacent to an activating group) is 1. The van der Waals surface area contributed by atoms with Gasteiger partial charge in [-0.1, -0.05) is 0 Å². The lowest BCUT2D eigenvalue weighted by molar-refractivity contribution is -0.0622. The molecule has 0 atom stereocenters. The maximum absolute atomic E-state index is 9.93. The number of H-pyrrole nitrogens is 1. The average molecular weight is 278 g/mol. The summed E-state index contributed by atoms with van der Waals surface area (Å²) in [6, 6.07) is 6.50. The summed E-state index contributed by atoms with van der Waals surface area (Å²) < 4.78 is 0. The van der Waals surface area contributed by atoms with Crippen molar-refractivity contribution < 1.29 is 5.11 Å². The number of fused-ring (bicyclic) bond motifs is 1. The Bertz CT molecular complexity index is 557. The number of nitrogens with zero attached hydrogens (tertiary/aromatic N) is 1. The summed E-state index contributed by atoms with van der Waals surface area (Å²) >= 11 is 1.76. The molecular weight excluding hydrogens is 256 g/mol. The van der Waals surface area contributed by atoms with Crippen molar-refractivity contribution in [3.8, 4) is 0 Å². The molecule has 0 amide bonds. The highest BCUT2D eigenvalue weighted by Crippen LogP contribution is 2.25. The first-order valence-corrected chi connectivity index (χ1v) is 7.72. The van der Waals surface area contributed by atoms with Crippen LogP contribution < -0.4 is 0 Å². The van der Waals surface area contributed by atoms with Crippen molar-refractivity contribution in [2.45, 2.75) is 30.9 Å². The van der Waals surface area contributed by atoms with E-state index in [4.69, 9.17) is 0 Å². The fraction of sp³-hybridized carbons (Fsp3) is 0.467. The van der Waals surface area contributed by atoms with Gasteiger partial charge in [-0.05, 0) is 57.3 Å². The van der Waals surface area contributed by atoms with Gasteiger partial charge in [-0.25, -0.2) is 0 Å². The number of benzene rings is 1. The van der Waals surface area contributed by atoms with E-state index in [1.165, 1.54) is 21.4 Å². The number of nitrogens with one attached hydrogen (secondary N) is 1. The summed E-state index contributed by atoms with van der Waals surface area (Å²) in [5.74, 6) is 0. The number of rotatable bonds is 5. The fourth-order valence-corrected chi connectivity index (χ4v) is 2.49. The molecule has 0 saturated carbocycles. The lowest BCUT2D eigenvalue weighted by Crippen LogP contribution is -2.41. The van der Waals surface area contributed by atoms with E-state index in [2.05, 4.69) is 35.6 Å². The number of hydrogen-bond acceptors (Lipinski definition) is 3. The summed E-state index contributed by atoms with van der Waals surface area (Å²) in [4.78, 5) is 6.56. The van der Waals surface area contributed by atoms with Crippen molar-refractivity contribution in [1.82, 2.24) is 9.88 Å². The Hall–Kier alpha value is -0.970. The monoisotopic (exact) mass is 278 g/mol. The highest BCUT2D eigenvalue weighted by Gasteiger charge is 2.19. The van der Waals surface area contributed by atoms with Gasteiger partial charge in [-0.15, -0.1) is 11.8 Å². The normalized spacial score (nSPS) is 12.5. The number of thioether (sulfide) groups is 1. The van der Waals surface area contributed by atoms with Gasteiger partial charge in [0.25, 0.3) is 0 Å². The number of aromatic amines is 1. The molecule has 1 heterocycles. The minimum absolute atomic E-state index is 0.767. The van der Waals surface area contributed by atoms with Crippen LogP contribution in [0, 0.1) is 0 Å². The zero-order valence-corrected chi connectivity index (χ0v) is 12.8. The maximum Gasteiger partial charge on any atom is 0.112 e. The molecule has 19 heavy (non-hydrogen) atoms. The van der Waals surface area contributed by atoms with E-state index in [0.717, 1.165) is 13.0 Å². The van der Waals surface area contributed by atoms with Crippen molar-refractivity contribution in [1.29, 1.82) is 0 Å². The second kappa shape index (κ2) is 5.57. The van der Waals surface area contributed by atoms with E-state index in [9.17, 15) is 5.11 Å². The number of aliphatic hydroxyl groups is 1. The molecule has 0 fully saturated rings. The Kier molecular flexibility index (Phi) is 4.23. The number of aromatic nitrogens is 1. The predicted molar refractivity (Wildman–Crippen MR) is 82.7 cm³/mol. The highest BCUT2D eigenvalue weighted by molar-refractivity contribution is 7.98. The van der Waals surface area contributed by atoms with Crippen molar-refractivity contribution in [3.05, 3.63) is 30.0 Å². The van der Waals surface area contributed by atoms with E-state index in [0.29, 0.717) is 0 Å². The minimum atomic E-state index is -0.767. The molecular formula is C15H22N2OS. The van der Waals surface area contributed by atoms with Gasteiger partial charge >= 0.3 is 0 Å². The molecule has 2 N–H and O–H groups in total. The predicted octanol–water partition coefficient (Wildman–Crippen LogP) is 3.09. The summed E-state index contributed by atoms with van der Waals surface area (Å²) in [7, 11) is 1.95. The summed E-state index contributed by atoms with van der Waals surface area (Å²) in [5.41, 5.74) is 1.72. The molecule has 0 spiro atoms. The molecule has 2 rings (SSSR count). The van der Waals surface area contributed by atoms with Gasteiger partial charge in [0.05, 0.1) is 0 Å². The molecule has 4 heteroatoms. The SMILES string of the molecule is CSc1ccc2[nH]cc(CCN(C)C(C)(C)O)c2c1. The molecule has 0 saturated heterocycles. The third-order valence-corrected chi connectivity index (χ3v) is 4.35. The largest absolute Gasteiger partial charge is 0.376 e. The van der Waals surface area contributed by atoms with Crippen molar-refractivity contribution in [3.63, 3.8) is 0 Å². The van der Waals surface area contributed by atoms with Gasteiger partial charge in [0, 0.05) is 28.5 Å². The van der Waals surface area contributed by atoms with Gasteiger partial charge in [-0.2, -0.15) is 0 Å². The molecule has 3 nitrogen and oxygen atoms in total. The standard InChI is InChI=1S/C15H22N2OS/c1-15(2,18)17(3)8-7-11-10-16-14-6-5-12(19-4)9-13(11)14/h5-6,9-10,16,18H,7-8H2,1-4H3. The molecule has 0 aliphatic carbocycles. The lowest BCUT2D eigenvalue weighted by Gasteiger charge is -2.30. The highest BCUT2D eigenvalue weighted by atomic mass is 32.2. The van der Waals surface area contributed by atoms with E-state index in [-0.39, 0.29) is 0 Å². The van der Waals surface area contributed by atoms with Gasteiger partial charge in [0.15, 0.2) is 0 Å². The van der Waals surface area contributed by atoms with Crippen LogP contribution >= 0.6 is 11.8 Å². The summed E-state index contributed by atoms with van der Waals surface area (Å²) in [6.07, 6.45) is 5.10. The van der Waals surface area contributed by atoms with E-state index >= 15 is 0 Å². The van der Waals surface area contributed by atoms with Crippen LogP contribution in [0.4, 0.5) is 0 Å². The molecule has 2 aromatic rings. The zero-order valence-electron chi connectivity index (χ0n) is 12.0. The molecule has 0 aliphatic rings. The zero-order chi connectivity index (χ0) is 14.0. The molecule has 1 aromatic carbocycles. The van der Waals surface area contributed by atoms with E-state index in [1.54, 1.807) is 11.8 Å². The van der Waals surface area contributed by atoms with Crippen LogP contribution in [-0.4, -0.2) is 40.6 Å². The van der Waals surface area contributed by atoms with E-state index in [1.807, 2.05) is 25.8 Å². The lowest BCUT2D eigenvalue weighted by atomic mass is 10.1. The fourth-order valence-electron chi connectivity index (χ4n) is 2.05. The van der Waals surface area contributed by atoms with Gasteiger partial charge < -0.3 is 10.1 Å². The van der Waals surface area contributed by atoms with Crippen LogP contribution in [0.2, 0.25) is 0 Å². The Labute approximate surface area is 119 Å². The smallest absolute Gasteiger partial charge is 0.112 e. The third kappa shape index (κ3) is 3.32. The molecule has 1 aromatic heterocycles. The molecule has 0 aliphatic heterocycles. The Morgan fingerprint density at radius 1 is 1.37 bits per heavy atom. The number of hydrogen-bond donors (Lipinski definition) is 2. The first-order chi connectivity index (χ1) is 8.91. The molecule has 0 bridgehead atoms. The average Bonchev–Trinajstić information content (AvgIpc) is 2.76. The Morgan fingerprint density at radius 2 is 2.11 bits per heavy atom. The van der Waals surface area contributed by atoms with Crippen molar-refractivity contribution >= 4 is 22.7 Å². The van der Waals surface area contributed by atoms with Crippen LogP contribution in [0.5, 0.6) is 0 Å². The van der Waals surface area contributed by atoms with Crippen LogP contribution in [0.1, 0.15) is 19.4 Å². The Morgan fingerprint density at radius 3 is 2.74 bits per heavy atom. The molecule has 104 valence electrons. The van der Waals surface area contributed by atoms with Crippen molar-refractivity contribution in [2.75, 3.05) is 19.8 Å². The van der Waals surface area contributed by atoms with Gasteiger partial charge in [-0.3, -0.25) is 4.90 Å². The molecule has 0 unspecified atom stereocenters. The van der Waals surface area contributed by atoms with Crippen LogP contribution in [0.15, 0.2) is 29.3 Å². The third-order valence-electron chi connectivity index (χ3n) is 3.63. The minimum Gasteiger partial charge on any atom is -0.376 e. The molecule has 0 radical (unpaired) electrons. The van der Waals surface area contributed by atoms with Crippen LogP contribution in [0.3, 0.4) is 0 Å². The van der Waals surface area contributed by atoms with Crippen molar-refractivity contribution in [2.24, 2.45) is 0 Å². The second-order valence-corrected chi connectivity index (χ2v) is 6.27. The van der Waals surface area contributed by atoms with Crippen LogP contribution in [0.25, 0.3) is 10.9 Å². The first kappa shape index (κ1) is 14.4. The topological polar surface area (TPSA) is 39.3 Å². The van der Waals surface area contributed by atoms with E-state index < -0.39 is 5.72 Å². The maximum atomic E-state index is 9.93. The second-order valence-electron chi connectivity index (χ2n) is 5.39. The Balaban J connectivity index is 2.17. The van der Waals surface area contributed by atoms with Crippen LogP contribution in [-0.2, 0) is 6.42 Å².